The molecule has 2 aromatic carbocycles. The van der Waals surface area contributed by atoms with E-state index in [0.29, 0.717) is 17.9 Å². The first-order chi connectivity index (χ1) is 31.2. The molecule has 12 atom stereocenters. The summed E-state index contributed by atoms with van der Waals surface area (Å²) in [4.78, 5) is 107. The molecule has 352 valence electrons. The number of amides is 4. The summed E-state index contributed by atoms with van der Waals surface area (Å²) in [6.07, 6.45) is -1.96. The summed E-state index contributed by atoms with van der Waals surface area (Å²) in [7, 11) is 0. The van der Waals surface area contributed by atoms with Gasteiger partial charge in [-0.15, -0.1) is 23.5 Å². The number of carbonyl (C=O) groups excluding carboxylic acids is 4. The number of fused-ring (bicyclic) bond motifs is 1. The van der Waals surface area contributed by atoms with E-state index in [-0.39, 0.29) is 62.9 Å². The van der Waals surface area contributed by atoms with Crippen molar-refractivity contribution in [1.82, 2.24) is 20.4 Å². The Morgan fingerprint density at radius 3 is 1.98 bits per heavy atom. The topological polar surface area (TPSA) is 313 Å². The third kappa shape index (κ3) is 9.24. The van der Waals surface area contributed by atoms with E-state index in [2.05, 4.69) is 21.3 Å². The zero-order chi connectivity index (χ0) is 48.0. The molecule has 3 fully saturated rings. The highest BCUT2D eigenvalue weighted by atomic mass is 32.2. The lowest BCUT2D eigenvalue weighted by atomic mass is 9.79. The van der Waals surface area contributed by atoms with Crippen LogP contribution in [0.5, 0.6) is 0 Å². The van der Waals surface area contributed by atoms with E-state index >= 15 is 0 Å². The number of anilines is 2. The lowest BCUT2D eigenvalue weighted by Crippen LogP contribution is -2.63. The molecule has 7 rings (SSSR count). The number of benzene rings is 2. The summed E-state index contributed by atoms with van der Waals surface area (Å²) in [6, 6.07) is 8.27. The van der Waals surface area contributed by atoms with Gasteiger partial charge in [-0.05, 0) is 63.1 Å². The fraction of sp³-hybridized carbons (Fsp3) is 0.455. The summed E-state index contributed by atoms with van der Waals surface area (Å²) >= 11 is 2.37. The maximum absolute atomic E-state index is 14.4. The molecule has 10 N–H and O–H groups in total. The Morgan fingerprint density at radius 2 is 1.39 bits per heavy atom. The fourth-order valence-electron chi connectivity index (χ4n) is 9.61. The Morgan fingerprint density at radius 1 is 0.773 bits per heavy atom. The molecule has 5 aliphatic rings. The van der Waals surface area contributed by atoms with E-state index in [1.54, 1.807) is 19.1 Å². The van der Waals surface area contributed by atoms with Crippen molar-refractivity contribution in [3.8, 4) is 0 Å². The minimum atomic E-state index is -1.36. The number of nitrogens with zero attached hydrogens (tertiary/aromatic N) is 2. The van der Waals surface area contributed by atoms with Crippen LogP contribution in [-0.2, 0) is 28.8 Å². The van der Waals surface area contributed by atoms with Crippen molar-refractivity contribution in [3.05, 3.63) is 80.9 Å². The number of aliphatic hydroxyl groups excluding tert-OH is 2. The van der Waals surface area contributed by atoms with Crippen molar-refractivity contribution in [3.63, 3.8) is 0 Å². The molecule has 20 nitrogen and oxygen atoms in total. The second kappa shape index (κ2) is 19.1. The number of hydrogen-bond acceptors (Lipinski definition) is 14. The summed E-state index contributed by atoms with van der Waals surface area (Å²) in [5.41, 5.74) is 0.0522. The molecule has 0 aliphatic carbocycles. The predicted molar refractivity (Wildman–Crippen MR) is 239 cm³/mol. The van der Waals surface area contributed by atoms with Crippen molar-refractivity contribution in [2.24, 2.45) is 23.7 Å². The smallest absolute Gasteiger partial charge is 0.353 e. The molecule has 0 spiro atoms. The number of rotatable bonds is 16. The minimum Gasteiger partial charge on any atom is -0.481 e. The molecule has 0 radical (unpaired) electrons. The lowest BCUT2D eigenvalue weighted by Gasteiger charge is -2.46. The van der Waals surface area contributed by atoms with Crippen LogP contribution in [0.2, 0.25) is 0 Å². The van der Waals surface area contributed by atoms with Crippen LogP contribution in [0.4, 0.5) is 11.4 Å². The van der Waals surface area contributed by atoms with Crippen molar-refractivity contribution >= 4 is 82.4 Å². The molecule has 0 saturated carbocycles. The number of likely N-dealkylation sites (tertiary alicyclic amines) is 1. The summed E-state index contributed by atoms with van der Waals surface area (Å²) in [5, 5.41) is 70.7. The zero-order valence-electron chi connectivity index (χ0n) is 36.0. The maximum atomic E-state index is 14.4. The zero-order valence-corrected chi connectivity index (χ0v) is 37.7. The number of carboxylic acid groups (broad SMARTS) is 4. The van der Waals surface area contributed by atoms with Gasteiger partial charge < -0.3 is 61.7 Å². The van der Waals surface area contributed by atoms with Crippen molar-refractivity contribution in [2.45, 2.75) is 87.4 Å². The van der Waals surface area contributed by atoms with E-state index in [1.165, 1.54) is 71.8 Å². The average Bonchev–Trinajstić information content (AvgIpc) is 4.02. The number of thioether (sulfide) groups is 2. The van der Waals surface area contributed by atoms with E-state index < -0.39 is 107 Å². The Bertz CT molecular complexity index is 2440. The lowest BCUT2D eigenvalue weighted by molar-refractivity contribution is -0.163. The number of aromatic carboxylic acids is 1. The summed E-state index contributed by atoms with van der Waals surface area (Å²) < 4.78 is 0. The highest BCUT2D eigenvalue weighted by Gasteiger charge is 2.60. The Hall–Kier alpha value is -5.94. The largest absolute Gasteiger partial charge is 0.481 e. The van der Waals surface area contributed by atoms with Gasteiger partial charge >= 0.3 is 23.9 Å². The van der Waals surface area contributed by atoms with Crippen molar-refractivity contribution in [1.29, 1.82) is 0 Å². The van der Waals surface area contributed by atoms with E-state index in [4.69, 9.17) is 0 Å². The molecule has 2 aromatic rings. The summed E-state index contributed by atoms with van der Waals surface area (Å²) in [6.45, 7) is 6.53. The number of β-lactam (4-membered cyclic amide) rings is 1. The van der Waals surface area contributed by atoms with Crippen LogP contribution in [0.15, 0.2) is 69.7 Å². The molecular weight excluding hydrogens is 901 g/mol. The van der Waals surface area contributed by atoms with Gasteiger partial charge in [0.2, 0.25) is 17.7 Å². The Balaban J connectivity index is 1.07. The molecule has 4 amide bonds. The molecule has 66 heavy (non-hydrogen) atoms. The highest BCUT2D eigenvalue weighted by Crippen LogP contribution is 2.52. The van der Waals surface area contributed by atoms with Crippen LogP contribution in [0.3, 0.4) is 0 Å². The first-order valence-electron chi connectivity index (χ1n) is 21.2. The van der Waals surface area contributed by atoms with Gasteiger partial charge in [0, 0.05) is 68.2 Å². The minimum absolute atomic E-state index is 0.0101. The van der Waals surface area contributed by atoms with Crippen molar-refractivity contribution in [2.75, 3.05) is 23.7 Å². The number of hydrogen-bond donors (Lipinski definition) is 10. The Kier molecular flexibility index (Phi) is 13.9. The number of carboxylic acids is 4. The van der Waals surface area contributed by atoms with Gasteiger partial charge in [-0.3, -0.25) is 24.0 Å². The van der Waals surface area contributed by atoms with Crippen LogP contribution < -0.4 is 21.3 Å². The van der Waals surface area contributed by atoms with Gasteiger partial charge in [-0.2, -0.15) is 0 Å². The highest BCUT2D eigenvalue weighted by molar-refractivity contribution is 8.04. The molecule has 3 saturated heterocycles. The molecule has 0 bridgehead atoms. The van der Waals surface area contributed by atoms with Crippen LogP contribution >= 0.6 is 23.5 Å². The molecule has 2 unspecified atom stereocenters. The second-order valence-electron chi connectivity index (χ2n) is 17.2. The molecule has 5 heterocycles. The molecule has 5 aliphatic heterocycles. The molecule has 0 aromatic heterocycles. The second-order valence-corrected chi connectivity index (χ2v) is 19.9. The normalized spacial score (nSPS) is 28.3. The van der Waals surface area contributed by atoms with Gasteiger partial charge in [0.15, 0.2) is 0 Å². The van der Waals surface area contributed by atoms with Gasteiger partial charge in [-0.25, -0.2) is 14.4 Å². The van der Waals surface area contributed by atoms with Crippen LogP contribution in [-0.4, -0.2) is 148 Å². The van der Waals surface area contributed by atoms with Crippen LogP contribution in [0.1, 0.15) is 61.3 Å². The standard InChI is InChI=1S/C44H50N6O14S2/c1-17-31(29(19(3)51)42(59)60)48-32(43(61)62)35(17)66-26-14-28(38(54)47-24-10-6-8-22(12-24)41(57)58)49(16-26)39(55)21-7-5-9-23(11-21)46-37(53)27-13-25(15-45-27)65-36-18(2)33-30(20(4)52)40(56)50(33)34(36)44(63)64/h5-12,17-20,25-31,33,45,48,51-52H,13-16H2,1-4H3,(H,46,53)(H,47,54)(H,57,58)(H,59,60)(H,61,62)(H,63,64)/t17-,18-,19-,20-,25+,26+,27+,28+,29?,30?,31-,33-/m1/s1. The maximum Gasteiger partial charge on any atom is 0.353 e. The number of aliphatic hydroxyl groups is 2. The SMILES string of the molecule is C[C@@H](O)C(C(=O)O)[C@@H]1NC(C(=O)O)=C(S[C@H]2C[C@@H](C(=O)Nc3cccc(C(=O)O)c3)N(C(=O)c3cccc(NC(=O)[C@@H]4C[C@H](SC5=C(C(=O)O)N6C(=O)C([C@@H](C)O)[C@H]6[C@H]5C)CN4)c3)C2)[C@@H]1C. The average molecular weight is 951 g/mol. The summed E-state index contributed by atoms with van der Waals surface area (Å²) in [5.74, 6) is -10.4. The third-order valence-corrected chi connectivity index (χ3v) is 15.8. The van der Waals surface area contributed by atoms with E-state index in [0.717, 1.165) is 11.8 Å². The van der Waals surface area contributed by atoms with Gasteiger partial charge in [-0.1, -0.05) is 26.0 Å². The van der Waals surface area contributed by atoms with Crippen LogP contribution in [0.25, 0.3) is 0 Å². The van der Waals surface area contributed by atoms with Crippen LogP contribution in [0, 0.1) is 23.7 Å². The number of aliphatic carboxylic acids is 3. The quantitative estimate of drug-likeness (QED) is 0.107. The first kappa shape index (κ1) is 48.0. The van der Waals surface area contributed by atoms with E-state index in [1.807, 2.05) is 6.92 Å². The van der Waals surface area contributed by atoms with Gasteiger partial charge in [0.05, 0.1) is 35.8 Å². The predicted octanol–water partition coefficient (Wildman–Crippen LogP) is 1.88. The number of nitrogens with one attached hydrogen (secondary N) is 4. The van der Waals surface area contributed by atoms with Crippen molar-refractivity contribution < 1.29 is 69.0 Å². The van der Waals surface area contributed by atoms with Gasteiger partial charge in [0.25, 0.3) is 5.91 Å². The molecule has 22 heteroatoms. The molecular formula is C44H50N6O14S2. The first-order valence-corrected chi connectivity index (χ1v) is 23.0. The fourth-order valence-corrected chi connectivity index (χ4v) is 12.6. The third-order valence-electron chi connectivity index (χ3n) is 12.8. The monoisotopic (exact) mass is 950 g/mol. The van der Waals surface area contributed by atoms with E-state index in [9.17, 15) is 69.0 Å². The number of carbonyl (C=O) groups is 8. The van der Waals surface area contributed by atoms with Gasteiger partial charge in [0.1, 0.15) is 23.4 Å². The Labute approximate surface area is 386 Å².